The largest absolute Gasteiger partial charge is 0.469 e. The molecule has 0 saturated heterocycles. The predicted molar refractivity (Wildman–Crippen MR) is 119 cm³/mol. The number of carbonyl (C=O) groups is 2. The number of amides is 1. The van der Waals surface area contributed by atoms with Gasteiger partial charge in [0.1, 0.15) is 5.82 Å². The van der Waals surface area contributed by atoms with Crippen LogP contribution < -0.4 is 10.9 Å². The van der Waals surface area contributed by atoms with Gasteiger partial charge in [-0.25, -0.2) is 9.07 Å². The SMILES string of the molecule is CCCCCn1nc(C(=O)NC(CC(=O)OC)c2ccc(F)cc2)c2ccccc2c1=O. The number of carbonyl (C=O) groups excluding carboxylic acids is 2. The maximum atomic E-state index is 13.4. The molecule has 7 nitrogen and oxygen atoms in total. The van der Waals surface area contributed by atoms with Crippen molar-refractivity contribution >= 4 is 22.6 Å². The van der Waals surface area contributed by atoms with Crippen LogP contribution in [0, 0.1) is 5.82 Å². The Bertz CT molecular complexity index is 1160. The highest BCUT2D eigenvalue weighted by Gasteiger charge is 2.23. The Labute approximate surface area is 185 Å². The molecule has 0 aliphatic carbocycles. The summed E-state index contributed by atoms with van der Waals surface area (Å²) in [6.45, 7) is 2.47. The minimum Gasteiger partial charge on any atom is -0.469 e. The van der Waals surface area contributed by atoms with Crippen LogP contribution in [0.15, 0.2) is 53.3 Å². The van der Waals surface area contributed by atoms with Gasteiger partial charge in [-0.3, -0.25) is 14.4 Å². The van der Waals surface area contributed by atoms with Gasteiger partial charge in [0, 0.05) is 11.9 Å². The highest BCUT2D eigenvalue weighted by Crippen LogP contribution is 2.20. The number of nitrogens with one attached hydrogen (secondary N) is 1. The third kappa shape index (κ3) is 5.38. The number of esters is 1. The Morgan fingerprint density at radius 1 is 1.09 bits per heavy atom. The van der Waals surface area contributed by atoms with Crippen molar-refractivity contribution < 1.29 is 18.7 Å². The van der Waals surface area contributed by atoms with Crippen molar-refractivity contribution in [1.29, 1.82) is 0 Å². The minimum absolute atomic E-state index is 0.0914. The second kappa shape index (κ2) is 10.7. The first-order chi connectivity index (χ1) is 15.4. The molecule has 32 heavy (non-hydrogen) atoms. The van der Waals surface area contributed by atoms with Crippen molar-refractivity contribution in [2.75, 3.05) is 7.11 Å². The Kier molecular flexibility index (Phi) is 7.70. The number of rotatable bonds is 9. The molecular formula is C24H26FN3O4. The molecule has 0 fully saturated rings. The summed E-state index contributed by atoms with van der Waals surface area (Å²) in [6.07, 6.45) is 2.56. The molecule has 0 bridgehead atoms. The lowest BCUT2D eigenvalue weighted by molar-refractivity contribution is -0.141. The van der Waals surface area contributed by atoms with E-state index in [4.69, 9.17) is 4.74 Å². The molecule has 1 aromatic heterocycles. The van der Waals surface area contributed by atoms with E-state index in [0.29, 0.717) is 22.9 Å². The molecular weight excluding hydrogens is 413 g/mol. The maximum absolute atomic E-state index is 13.4. The van der Waals surface area contributed by atoms with Gasteiger partial charge < -0.3 is 10.1 Å². The van der Waals surface area contributed by atoms with Crippen molar-refractivity contribution in [1.82, 2.24) is 15.1 Å². The second-order valence-corrected chi connectivity index (χ2v) is 7.49. The number of hydrogen-bond donors (Lipinski definition) is 1. The first kappa shape index (κ1) is 23.1. The lowest BCUT2D eigenvalue weighted by atomic mass is 10.0. The van der Waals surface area contributed by atoms with Gasteiger partial charge in [-0.1, -0.05) is 50.1 Å². The highest BCUT2D eigenvalue weighted by atomic mass is 19.1. The van der Waals surface area contributed by atoms with E-state index in [-0.39, 0.29) is 17.7 Å². The van der Waals surface area contributed by atoms with Crippen molar-refractivity contribution in [3.63, 3.8) is 0 Å². The quantitative estimate of drug-likeness (QED) is 0.405. The third-order valence-electron chi connectivity index (χ3n) is 5.23. The standard InChI is InChI=1S/C24H26FN3O4/c1-3-4-7-14-28-24(31)19-9-6-5-8-18(19)22(27-28)23(30)26-20(15-21(29)32-2)16-10-12-17(25)13-11-16/h5-6,8-13,20H,3-4,7,14-15H2,1-2H3,(H,26,30). The summed E-state index contributed by atoms with van der Waals surface area (Å²) >= 11 is 0. The van der Waals surface area contributed by atoms with Crippen LogP contribution in [-0.2, 0) is 16.1 Å². The molecule has 1 unspecified atom stereocenters. The first-order valence-electron chi connectivity index (χ1n) is 10.6. The normalized spacial score (nSPS) is 11.8. The number of hydrogen-bond acceptors (Lipinski definition) is 5. The summed E-state index contributed by atoms with van der Waals surface area (Å²) in [6, 6.07) is 11.6. The molecule has 0 spiro atoms. The summed E-state index contributed by atoms with van der Waals surface area (Å²) in [4.78, 5) is 38.0. The van der Waals surface area contributed by atoms with Gasteiger partial charge in [0.15, 0.2) is 5.69 Å². The Morgan fingerprint density at radius 2 is 1.78 bits per heavy atom. The molecule has 1 atom stereocenters. The van der Waals surface area contributed by atoms with Gasteiger partial charge in [-0.05, 0) is 30.2 Å². The van der Waals surface area contributed by atoms with Crippen molar-refractivity contribution in [2.24, 2.45) is 0 Å². The summed E-state index contributed by atoms with van der Waals surface area (Å²) < 4.78 is 19.4. The topological polar surface area (TPSA) is 90.3 Å². The van der Waals surface area contributed by atoms with E-state index in [1.54, 1.807) is 24.3 Å². The minimum atomic E-state index is -0.753. The number of unbranched alkanes of at least 4 members (excludes halogenated alkanes) is 2. The number of aryl methyl sites for hydroxylation is 1. The van der Waals surface area contributed by atoms with Crippen LogP contribution in [0.2, 0.25) is 0 Å². The molecule has 0 saturated carbocycles. The number of methoxy groups -OCH3 is 1. The number of ether oxygens (including phenoxy) is 1. The molecule has 0 radical (unpaired) electrons. The predicted octanol–water partition coefficient (Wildman–Crippen LogP) is 3.76. The van der Waals surface area contributed by atoms with Gasteiger partial charge in [-0.2, -0.15) is 5.10 Å². The van der Waals surface area contributed by atoms with E-state index in [1.165, 1.54) is 36.1 Å². The van der Waals surface area contributed by atoms with E-state index in [0.717, 1.165) is 19.3 Å². The average molecular weight is 439 g/mol. The van der Waals surface area contributed by atoms with Crippen LogP contribution in [0.1, 0.15) is 54.7 Å². The molecule has 168 valence electrons. The van der Waals surface area contributed by atoms with Gasteiger partial charge in [0.2, 0.25) is 0 Å². The fraction of sp³-hybridized carbons (Fsp3) is 0.333. The number of benzene rings is 2. The Hall–Kier alpha value is -3.55. The smallest absolute Gasteiger partial charge is 0.307 e. The van der Waals surface area contributed by atoms with Crippen LogP contribution in [0.4, 0.5) is 4.39 Å². The van der Waals surface area contributed by atoms with Crippen molar-refractivity contribution in [3.05, 3.63) is 76.0 Å². The van der Waals surface area contributed by atoms with Gasteiger partial charge in [0.05, 0.1) is 25.0 Å². The van der Waals surface area contributed by atoms with E-state index in [2.05, 4.69) is 17.3 Å². The molecule has 2 aromatic carbocycles. The van der Waals surface area contributed by atoms with Gasteiger partial charge in [0.25, 0.3) is 11.5 Å². The molecule has 1 N–H and O–H groups in total. The fourth-order valence-corrected chi connectivity index (χ4v) is 3.49. The Balaban J connectivity index is 1.99. The third-order valence-corrected chi connectivity index (χ3v) is 5.23. The second-order valence-electron chi connectivity index (χ2n) is 7.49. The molecule has 3 aromatic rings. The molecule has 1 heterocycles. The van der Waals surface area contributed by atoms with Crippen molar-refractivity contribution in [3.8, 4) is 0 Å². The van der Waals surface area contributed by atoms with Crippen LogP contribution in [0.3, 0.4) is 0 Å². The highest BCUT2D eigenvalue weighted by molar-refractivity contribution is 6.05. The van der Waals surface area contributed by atoms with E-state index < -0.39 is 23.7 Å². The molecule has 0 aliphatic rings. The molecule has 8 heteroatoms. The zero-order valence-electron chi connectivity index (χ0n) is 18.1. The van der Waals surface area contributed by atoms with E-state index in [1.807, 2.05) is 0 Å². The summed E-state index contributed by atoms with van der Waals surface area (Å²) in [5, 5.41) is 7.98. The van der Waals surface area contributed by atoms with Crippen LogP contribution in [0.5, 0.6) is 0 Å². The monoisotopic (exact) mass is 439 g/mol. The number of aromatic nitrogens is 2. The number of nitrogens with zero attached hydrogens (tertiary/aromatic N) is 2. The zero-order chi connectivity index (χ0) is 23.1. The number of halogens is 1. The molecule has 3 rings (SSSR count). The van der Waals surface area contributed by atoms with E-state index >= 15 is 0 Å². The summed E-state index contributed by atoms with van der Waals surface area (Å²) in [5.74, 6) is -1.49. The maximum Gasteiger partial charge on any atom is 0.307 e. The van der Waals surface area contributed by atoms with E-state index in [9.17, 15) is 18.8 Å². The van der Waals surface area contributed by atoms with Crippen LogP contribution in [0.25, 0.3) is 10.8 Å². The molecule has 0 aliphatic heterocycles. The molecule has 1 amide bonds. The summed E-state index contributed by atoms with van der Waals surface area (Å²) in [5.41, 5.74) is 0.386. The Morgan fingerprint density at radius 3 is 2.44 bits per heavy atom. The van der Waals surface area contributed by atoms with Crippen LogP contribution >= 0.6 is 0 Å². The first-order valence-corrected chi connectivity index (χ1v) is 10.6. The number of fused-ring (bicyclic) bond motifs is 1. The van der Waals surface area contributed by atoms with Crippen molar-refractivity contribution in [2.45, 2.75) is 45.2 Å². The van der Waals surface area contributed by atoms with Gasteiger partial charge >= 0.3 is 5.97 Å². The average Bonchev–Trinajstić information content (AvgIpc) is 2.80. The fourth-order valence-electron chi connectivity index (χ4n) is 3.49. The van der Waals surface area contributed by atoms with Gasteiger partial charge in [-0.15, -0.1) is 0 Å². The van der Waals surface area contributed by atoms with Crippen LogP contribution in [-0.4, -0.2) is 28.8 Å². The summed E-state index contributed by atoms with van der Waals surface area (Å²) in [7, 11) is 1.26. The lowest BCUT2D eigenvalue weighted by Crippen LogP contribution is -2.34. The zero-order valence-corrected chi connectivity index (χ0v) is 18.1. The lowest BCUT2D eigenvalue weighted by Gasteiger charge is -2.19.